The molecule has 2 N–H and O–H groups in total. The van der Waals surface area contributed by atoms with Gasteiger partial charge in [-0.05, 0) is 35.9 Å². The molecule has 1 aromatic carbocycles. The minimum atomic E-state index is -1.55. The lowest BCUT2D eigenvalue weighted by molar-refractivity contribution is 0.628. The predicted molar refractivity (Wildman–Crippen MR) is 107 cm³/mol. The third kappa shape index (κ3) is 4.16. The van der Waals surface area contributed by atoms with E-state index in [2.05, 4.69) is 41.1 Å². The SMILES string of the molecule is C[Si](C)(C)C#Cc1cc(-c2ccncc2)c(-c2cccc(F)c2)nc1N. The smallest absolute Gasteiger partial charge is 0.139 e. The maximum atomic E-state index is 13.7. The molecule has 0 amide bonds. The lowest BCUT2D eigenvalue weighted by Crippen LogP contribution is -2.16. The Morgan fingerprint density at radius 2 is 1.73 bits per heavy atom. The summed E-state index contributed by atoms with van der Waals surface area (Å²) in [7, 11) is -1.55. The van der Waals surface area contributed by atoms with Crippen LogP contribution in [0.2, 0.25) is 19.6 Å². The summed E-state index contributed by atoms with van der Waals surface area (Å²) in [6.45, 7) is 6.53. The molecule has 0 bridgehead atoms. The normalized spacial score (nSPS) is 10.9. The van der Waals surface area contributed by atoms with Gasteiger partial charge in [0.2, 0.25) is 0 Å². The Bertz CT molecular complexity index is 999. The standard InChI is InChI=1S/C21H20FN3Si/c1-26(2,3)12-9-17-14-19(15-7-10-24-11-8-15)20(25-21(17)23)16-5-4-6-18(22)13-16/h4-8,10-11,13-14H,1-3H3,(H2,23,25). The van der Waals surface area contributed by atoms with E-state index in [1.54, 1.807) is 18.5 Å². The first-order chi connectivity index (χ1) is 12.3. The summed E-state index contributed by atoms with van der Waals surface area (Å²) >= 11 is 0. The Kier molecular flexibility index (Phi) is 4.87. The van der Waals surface area contributed by atoms with Crippen LogP contribution in [0.3, 0.4) is 0 Å². The van der Waals surface area contributed by atoms with E-state index >= 15 is 0 Å². The molecule has 2 heterocycles. The number of nitrogen functional groups attached to an aromatic ring is 1. The van der Waals surface area contributed by atoms with Crippen LogP contribution in [-0.2, 0) is 0 Å². The summed E-state index contributed by atoms with van der Waals surface area (Å²) in [5, 5.41) is 0. The van der Waals surface area contributed by atoms with E-state index in [0.717, 1.165) is 11.1 Å². The van der Waals surface area contributed by atoms with Crippen LogP contribution in [0, 0.1) is 17.3 Å². The second kappa shape index (κ2) is 7.10. The van der Waals surface area contributed by atoms with Crippen LogP contribution in [0.1, 0.15) is 5.56 Å². The van der Waals surface area contributed by atoms with Crippen LogP contribution >= 0.6 is 0 Å². The van der Waals surface area contributed by atoms with E-state index < -0.39 is 8.07 Å². The highest BCUT2D eigenvalue weighted by atomic mass is 28.3. The molecular weight excluding hydrogens is 341 g/mol. The fourth-order valence-electron chi connectivity index (χ4n) is 2.49. The van der Waals surface area contributed by atoms with Crippen LogP contribution in [-0.4, -0.2) is 18.0 Å². The van der Waals surface area contributed by atoms with Crippen molar-refractivity contribution in [3.8, 4) is 33.8 Å². The minimum absolute atomic E-state index is 0.314. The number of rotatable bonds is 2. The molecule has 0 spiro atoms. The summed E-state index contributed by atoms with van der Waals surface area (Å²) in [6, 6.07) is 12.1. The fraction of sp³-hybridized carbons (Fsp3) is 0.143. The Balaban J connectivity index is 2.24. The van der Waals surface area contributed by atoms with Crippen LogP contribution < -0.4 is 5.73 Å². The van der Waals surface area contributed by atoms with Gasteiger partial charge in [0.25, 0.3) is 0 Å². The number of hydrogen-bond donors (Lipinski definition) is 1. The van der Waals surface area contributed by atoms with Crippen molar-refractivity contribution in [2.45, 2.75) is 19.6 Å². The third-order valence-corrected chi connectivity index (χ3v) is 4.59. The number of benzene rings is 1. The average molecular weight is 361 g/mol. The Morgan fingerprint density at radius 1 is 1.00 bits per heavy atom. The minimum Gasteiger partial charge on any atom is -0.383 e. The third-order valence-electron chi connectivity index (χ3n) is 3.71. The van der Waals surface area contributed by atoms with Gasteiger partial charge in [-0.2, -0.15) is 0 Å². The van der Waals surface area contributed by atoms with E-state index in [4.69, 9.17) is 5.73 Å². The van der Waals surface area contributed by atoms with Gasteiger partial charge in [-0.3, -0.25) is 4.98 Å². The molecule has 0 unspecified atom stereocenters. The topological polar surface area (TPSA) is 51.8 Å². The molecular formula is C21H20FN3Si. The Labute approximate surface area is 154 Å². The van der Waals surface area contributed by atoms with Crippen molar-refractivity contribution in [1.82, 2.24) is 9.97 Å². The molecule has 3 rings (SSSR count). The zero-order valence-corrected chi connectivity index (χ0v) is 16.0. The van der Waals surface area contributed by atoms with Crippen LogP contribution in [0.15, 0.2) is 54.9 Å². The van der Waals surface area contributed by atoms with E-state index in [1.807, 2.05) is 24.3 Å². The molecule has 5 heteroatoms. The largest absolute Gasteiger partial charge is 0.383 e. The second-order valence-electron chi connectivity index (χ2n) is 7.06. The molecule has 3 nitrogen and oxygen atoms in total. The van der Waals surface area contributed by atoms with Gasteiger partial charge in [-0.15, -0.1) is 5.54 Å². The summed E-state index contributed by atoms with van der Waals surface area (Å²) in [5.74, 6) is 3.23. The monoisotopic (exact) mass is 361 g/mol. The van der Waals surface area contributed by atoms with Gasteiger partial charge >= 0.3 is 0 Å². The van der Waals surface area contributed by atoms with Gasteiger partial charge in [0.1, 0.15) is 19.7 Å². The summed E-state index contributed by atoms with van der Waals surface area (Å²) in [5.41, 5.74) is 13.3. The van der Waals surface area contributed by atoms with Crippen molar-refractivity contribution < 1.29 is 4.39 Å². The lowest BCUT2D eigenvalue weighted by Gasteiger charge is -2.12. The van der Waals surface area contributed by atoms with E-state index in [0.29, 0.717) is 22.6 Å². The summed E-state index contributed by atoms with van der Waals surface area (Å²) in [6.07, 6.45) is 3.43. The molecule has 0 radical (unpaired) electrons. The first-order valence-corrected chi connectivity index (χ1v) is 11.8. The van der Waals surface area contributed by atoms with E-state index in [9.17, 15) is 4.39 Å². The molecule has 0 aliphatic carbocycles. The first kappa shape index (κ1) is 17.8. The van der Waals surface area contributed by atoms with Crippen LogP contribution in [0.5, 0.6) is 0 Å². The van der Waals surface area contributed by atoms with Crippen molar-refractivity contribution in [3.05, 3.63) is 66.2 Å². The molecule has 3 aromatic rings. The molecule has 0 fully saturated rings. The zero-order valence-electron chi connectivity index (χ0n) is 15.0. The molecule has 130 valence electrons. The van der Waals surface area contributed by atoms with Gasteiger partial charge in [0, 0.05) is 23.5 Å². The van der Waals surface area contributed by atoms with Gasteiger partial charge < -0.3 is 5.73 Å². The number of nitrogens with two attached hydrogens (primary N) is 1. The van der Waals surface area contributed by atoms with Gasteiger partial charge in [-0.1, -0.05) is 37.7 Å². The highest BCUT2D eigenvalue weighted by molar-refractivity contribution is 6.83. The molecule has 26 heavy (non-hydrogen) atoms. The molecule has 0 saturated carbocycles. The molecule has 2 aromatic heterocycles. The van der Waals surface area contributed by atoms with Crippen molar-refractivity contribution >= 4 is 13.9 Å². The van der Waals surface area contributed by atoms with Gasteiger partial charge in [-0.25, -0.2) is 9.37 Å². The first-order valence-electron chi connectivity index (χ1n) is 8.33. The fourth-order valence-corrected chi connectivity index (χ4v) is 3.00. The van der Waals surface area contributed by atoms with Crippen LogP contribution in [0.25, 0.3) is 22.4 Å². The number of halogens is 1. The van der Waals surface area contributed by atoms with E-state index in [1.165, 1.54) is 12.1 Å². The van der Waals surface area contributed by atoms with E-state index in [-0.39, 0.29) is 5.82 Å². The maximum Gasteiger partial charge on any atom is 0.139 e. The number of aromatic nitrogens is 2. The number of anilines is 1. The second-order valence-corrected chi connectivity index (χ2v) is 11.8. The van der Waals surface area contributed by atoms with Crippen LogP contribution in [0.4, 0.5) is 10.2 Å². The van der Waals surface area contributed by atoms with Crippen molar-refractivity contribution in [1.29, 1.82) is 0 Å². The molecule has 0 saturated heterocycles. The highest BCUT2D eigenvalue weighted by Crippen LogP contribution is 2.33. The van der Waals surface area contributed by atoms with Crippen molar-refractivity contribution in [2.24, 2.45) is 0 Å². The molecule has 0 aliphatic heterocycles. The Morgan fingerprint density at radius 3 is 2.38 bits per heavy atom. The predicted octanol–water partition coefficient (Wildman–Crippen LogP) is 4.76. The summed E-state index contributed by atoms with van der Waals surface area (Å²) < 4.78 is 13.7. The maximum absolute atomic E-state index is 13.7. The quantitative estimate of drug-likeness (QED) is 0.529. The van der Waals surface area contributed by atoms with Gasteiger partial charge in [0.05, 0.1) is 11.3 Å². The number of pyridine rings is 2. The highest BCUT2D eigenvalue weighted by Gasteiger charge is 2.14. The van der Waals surface area contributed by atoms with Gasteiger partial charge in [0.15, 0.2) is 0 Å². The average Bonchev–Trinajstić information content (AvgIpc) is 2.60. The van der Waals surface area contributed by atoms with Crippen molar-refractivity contribution in [2.75, 3.05) is 5.73 Å². The lowest BCUT2D eigenvalue weighted by atomic mass is 9.98. The summed E-state index contributed by atoms with van der Waals surface area (Å²) in [4.78, 5) is 8.63. The Hall–Kier alpha value is -2.97. The van der Waals surface area contributed by atoms with Crippen molar-refractivity contribution in [3.63, 3.8) is 0 Å². The molecule has 0 aliphatic rings. The number of hydrogen-bond acceptors (Lipinski definition) is 3. The molecule has 0 atom stereocenters. The zero-order chi connectivity index (χ0) is 18.7. The number of nitrogens with zero attached hydrogens (tertiary/aromatic N) is 2.